The summed E-state index contributed by atoms with van der Waals surface area (Å²) in [7, 11) is 0. The minimum atomic E-state index is -0.464. The van der Waals surface area contributed by atoms with Crippen LogP contribution in [0, 0.1) is 0 Å². The van der Waals surface area contributed by atoms with E-state index < -0.39 is 5.60 Å². The average Bonchev–Trinajstić information content (AvgIpc) is 3.02. The molecule has 6 nitrogen and oxygen atoms in total. The van der Waals surface area contributed by atoms with Crippen LogP contribution in [0.2, 0.25) is 0 Å². The molecule has 4 rings (SSSR count). The molecule has 0 radical (unpaired) electrons. The van der Waals surface area contributed by atoms with Crippen molar-refractivity contribution in [2.45, 2.75) is 64.2 Å². The van der Waals surface area contributed by atoms with Gasteiger partial charge in [0.25, 0.3) is 0 Å². The minimum Gasteiger partial charge on any atom is -0.459 e. The molecule has 0 aromatic heterocycles. The predicted molar refractivity (Wildman–Crippen MR) is 106 cm³/mol. The number of hydrogen-bond acceptors (Lipinski definition) is 5. The van der Waals surface area contributed by atoms with Crippen LogP contribution in [0.5, 0.6) is 0 Å². The Kier molecular flexibility index (Phi) is 4.86. The molecule has 0 bridgehead atoms. The van der Waals surface area contributed by atoms with Gasteiger partial charge < -0.3 is 14.4 Å². The van der Waals surface area contributed by atoms with Crippen molar-refractivity contribution in [1.82, 2.24) is 9.80 Å². The molecule has 1 unspecified atom stereocenters. The molecule has 2 saturated heterocycles. The van der Waals surface area contributed by atoms with E-state index in [4.69, 9.17) is 9.47 Å². The maximum Gasteiger partial charge on any atom is 0.410 e. The van der Waals surface area contributed by atoms with E-state index in [9.17, 15) is 9.59 Å². The lowest BCUT2D eigenvalue weighted by molar-refractivity contribution is 0.00920. The Balaban J connectivity index is 1.44. The first-order chi connectivity index (χ1) is 13.2. The van der Waals surface area contributed by atoms with E-state index in [-0.39, 0.29) is 18.2 Å². The summed E-state index contributed by atoms with van der Waals surface area (Å²) < 4.78 is 10.9. The van der Waals surface area contributed by atoms with Crippen LogP contribution in [-0.2, 0) is 15.9 Å². The largest absolute Gasteiger partial charge is 0.459 e. The summed E-state index contributed by atoms with van der Waals surface area (Å²) >= 11 is 0. The topological polar surface area (TPSA) is 59.1 Å². The van der Waals surface area contributed by atoms with Gasteiger partial charge in [0.05, 0.1) is 5.56 Å². The summed E-state index contributed by atoms with van der Waals surface area (Å²) in [4.78, 5) is 28.8. The quantitative estimate of drug-likeness (QED) is 0.694. The number of esters is 1. The van der Waals surface area contributed by atoms with Crippen LogP contribution in [0.4, 0.5) is 4.79 Å². The maximum atomic E-state index is 12.4. The molecule has 0 saturated carbocycles. The van der Waals surface area contributed by atoms with Crippen LogP contribution < -0.4 is 0 Å². The SMILES string of the molecule is C[C@@H]1Cc2cc(C3C[C@H]4CN(C(=O)OC(C)(C)C)CCN4C3)ccc2C(=O)O1. The van der Waals surface area contributed by atoms with Crippen molar-refractivity contribution in [2.24, 2.45) is 0 Å². The van der Waals surface area contributed by atoms with Gasteiger partial charge in [0.2, 0.25) is 0 Å². The van der Waals surface area contributed by atoms with Crippen LogP contribution >= 0.6 is 0 Å². The summed E-state index contributed by atoms with van der Waals surface area (Å²) in [5.74, 6) is 0.222. The molecule has 2 fully saturated rings. The number of carbonyl (C=O) groups excluding carboxylic acids is 2. The number of benzene rings is 1. The first-order valence-electron chi connectivity index (χ1n) is 10.3. The molecular formula is C22H30N2O4. The van der Waals surface area contributed by atoms with Crippen LogP contribution in [0.1, 0.15) is 61.5 Å². The van der Waals surface area contributed by atoms with E-state index in [0.717, 1.165) is 38.0 Å². The first kappa shape index (κ1) is 19.2. The molecule has 3 atom stereocenters. The van der Waals surface area contributed by atoms with Crippen molar-refractivity contribution in [1.29, 1.82) is 0 Å². The third-order valence-corrected chi connectivity index (χ3v) is 5.90. The van der Waals surface area contributed by atoms with Crippen molar-refractivity contribution < 1.29 is 19.1 Å². The Morgan fingerprint density at radius 1 is 1.21 bits per heavy atom. The summed E-state index contributed by atoms with van der Waals surface area (Å²) in [5.41, 5.74) is 2.63. The van der Waals surface area contributed by atoms with E-state index in [1.807, 2.05) is 38.7 Å². The van der Waals surface area contributed by atoms with E-state index in [1.54, 1.807) is 0 Å². The number of amides is 1. The lowest BCUT2D eigenvalue weighted by Gasteiger charge is -2.37. The van der Waals surface area contributed by atoms with Crippen LogP contribution in [0.15, 0.2) is 18.2 Å². The van der Waals surface area contributed by atoms with Gasteiger partial charge in [0.15, 0.2) is 0 Å². The first-order valence-corrected chi connectivity index (χ1v) is 10.3. The highest BCUT2D eigenvalue weighted by atomic mass is 16.6. The molecule has 0 spiro atoms. The highest BCUT2D eigenvalue weighted by molar-refractivity contribution is 5.92. The molecule has 0 N–H and O–H groups in total. The summed E-state index contributed by atoms with van der Waals surface area (Å²) in [6, 6.07) is 6.56. The van der Waals surface area contributed by atoms with E-state index in [1.165, 1.54) is 5.56 Å². The van der Waals surface area contributed by atoms with Gasteiger partial charge in [0, 0.05) is 38.6 Å². The van der Waals surface area contributed by atoms with E-state index >= 15 is 0 Å². The number of cyclic esters (lactones) is 1. The second kappa shape index (κ2) is 7.07. The van der Waals surface area contributed by atoms with Crippen molar-refractivity contribution >= 4 is 12.1 Å². The van der Waals surface area contributed by atoms with Gasteiger partial charge in [-0.15, -0.1) is 0 Å². The molecule has 6 heteroatoms. The summed E-state index contributed by atoms with van der Waals surface area (Å²) in [6.45, 7) is 11.0. The van der Waals surface area contributed by atoms with Crippen molar-refractivity contribution in [3.05, 3.63) is 34.9 Å². The van der Waals surface area contributed by atoms with Crippen molar-refractivity contribution in [3.63, 3.8) is 0 Å². The number of rotatable bonds is 1. The van der Waals surface area contributed by atoms with Gasteiger partial charge >= 0.3 is 12.1 Å². The second-order valence-electron chi connectivity index (χ2n) is 9.34. The Morgan fingerprint density at radius 2 is 2.00 bits per heavy atom. The van der Waals surface area contributed by atoms with Crippen LogP contribution in [-0.4, -0.2) is 65.8 Å². The third-order valence-electron chi connectivity index (χ3n) is 5.90. The molecule has 1 aromatic rings. The molecule has 1 aromatic carbocycles. The van der Waals surface area contributed by atoms with Crippen LogP contribution in [0.25, 0.3) is 0 Å². The molecule has 3 heterocycles. The number of carbonyl (C=O) groups is 2. The predicted octanol–water partition coefficient (Wildman–Crippen LogP) is 3.20. The number of fused-ring (bicyclic) bond motifs is 2. The third kappa shape index (κ3) is 3.88. The highest BCUT2D eigenvalue weighted by Crippen LogP contribution is 2.35. The molecule has 152 valence electrons. The van der Waals surface area contributed by atoms with Gasteiger partial charge in [-0.1, -0.05) is 12.1 Å². The number of nitrogens with zero attached hydrogens (tertiary/aromatic N) is 2. The zero-order valence-corrected chi connectivity index (χ0v) is 17.2. The fourth-order valence-electron chi connectivity index (χ4n) is 4.61. The molecular weight excluding hydrogens is 356 g/mol. The monoisotopic (exact) mass is 386 g/mol. The molecule has 3 aliphatic heterocycles. The van der Waals surface area contributed by atoms with Gasteiger partial charge in [-0.25, -0.2) is 9.59 Å². The normalized spacial score (nSPS) is 27.8. The molecule has 1 amide bonds. The molecule has 3 aliphatic rings. The Bertz CT molecular complexity index is 785. The van der Waals surface area contributed by atoms with Crippen molar-refractivity contribution in [3.8, 4) is 0 Å². The van der Waals surface area contributed by atoms with Crippen LogP contribution in [0.3, 0.4) is 0 Å². The van der Waals surface area contributed by atoms with Gasteiger partial charge in [-0.2, -0.15) is 0 Å². The smallest absolute Gasteiger partial charge is 0.410 e. The summed E-state index contributed by atoms with van der Waals surface area (Å²) in [5, 5.41) is 0. The number of hydrogen-bond donors (Lipinski definition) is 0. The number of ether oxygens (including phenoxy) is 2. The minimum absolute atomic E-state index is 0.0625. The zero-order valence-electron chi connectivity index (χ0n) is 17.2. The van der Waals surface area contributed by atoms with E-state index in [2.05, 4.69) is 17.0 Å². The Labute approximate surface area is 166 Å². The van der Waals surface area contributed by atoms with Gasteiger partial charge in [-0.05, 0) is 57.2 Å². The van der Waals surface area contributed by atoms with Gasteiger partial charge in [0.1, 0.15) is 11.7 Å². The Morgan fingerprint density at radius 3 is 2.75 bits per heavy atom. The second-order valence-corrected chi connectivity index (χ2v) is 9.34. The van der Waals surface area contributed by atoms with Gasteiger partial charge in [-0.3, -0.25) is 4.90 Å². The zero-order chi connectivity index (χ0) is 20.1. The fraction of sp³-hybridized carbons (Fsp3) is 0.636. The summed E-state index contributed by atoms with van der Waals surface area (Å²) in [6.07, 6.45) is 1.53. The standard InChI is InChI=1S/C22H30N2O4/c1-14-9-16-10-15(5-6-19(16)20(25)27-14)17-11-18-13-24(8-7-23(18)12-17)21(26)28-22(2,3)4/h5-6,10,14,17-18H,7-9,11-13H2,1-4H3/t14-,17?,18+/m1/s1. The lowest BCUT2D eigenvalue weighted by Crippen LogP contribution is -2.53. The van der Waals surface area contributed by atoms with E-state index in [0.29, 0.717) is 24.1 Å². The Hall–Kier alpha value is -2.08. The molecule has 28 heavy (non-hydrogen) atoms. The highest BCUT2D eigenvalue weighted by Gasteiger charge is 2.39. The fourth-order valence-corrected chi connectivity index (χ4v) is 4.61. The number of piperazine rings is 1. The molecule has 0 aliphatic carbocycles. The van der Waals surface area contributed by atoms with Crippen molar-refractivity contribution in [2.75, 3.05) is 26.2 Å². The lowest BCUT2D eigenvalue weighted by atomic mass is 9.90. The maximum absolute atomic E-state index is 12.4. The average molecular weight is 386 g/mol.